The number of anilines is 1. The highest BCUT2D eigenvalue weighted by atomic mass is 16.5. The van der Waals surface area contributed by atoms with Gasteiger partial charge in [0.15, 0.2) is 0 Å². The first-order chi connectivity index (χ1) is 10.5. The van der Waals surface area contributed by atoms with Crippen LogP contribution in [0.3, 0.4) is 0 Å². The molecular formula is C15H16N4O3. The van der Waals surface area contributed by atoms with E-state index in [4.69, 9.17) is 9.05 Å². The van der Waals surface area contributed by atoms with Crippen LogP contribution in [0.15, 0.2) is 15.1 Å². The summed E-state index contributed by atoms with van der Waals surface area (Å²) in [5.74, 6) is 0.0781. The summed E-state index contributed by atoms with van der Waals surface area (Å²) in [7, 11) is 0. The van der Waals surface area contributed by atoms with Crippen LogP contribution in [-0.4, -0.2) is 21.2 Å². The molecule has 0 radical (unpaired) electrons. The third-order valence-electron chi connectivity index (χ3n) is 3.56. The number of rotatable bonds is 3. The van der Waals surface area contributed by atoms with Gasteiger partial charge in [-0.3, -0.25) is 10.1 Å². The van der Waals surface area contributed by atoms with Gasteiger partial charge in [0.1, 0.15) is 0 Å². The van der Waals surface area contributed by atoms with E-state index in [9.17, 15) is 4.79 Å². The predicted octanol–water partition coefficient (Wildman–Crippen LogP) is 2.95. The van der Waals surface area contributed by atoms with Crippen molar-refractivity contribution in [2.75, 3.05) is 5.32 Å². The van der Waals surface area contributed by atoms with Crippen LogP contribution in [0.25, 0.3) is 11.1 Å². The fourth-order valence-electron chi connectivity index (χ4n) is 2.47. The van der Waals surface area contributed by atoms with Crippen LogP contribution in [-0.2, 0) is 6.42 Å². The molecule has 0 saturated heterocycles. The standard InChI is InChI=1S/C15H16N4O3/c1-5-10-8(3)18-21-14(10)17-13(20)11-6-7(2)16-15-12(11)9(4)19-22-15/h6H,5H2,1-4H3,(H,17,20). The number of aryl methyl sites for hydroxylation is 3. The zero-order chi connectivity index (χ0) is 15.9. The quantitative estimate of drug-likeness (QED) is 0.799. The van der Waals surface area contributed by atoms with Crippen LogP contribution in [0.4, 0.5) is 5.88 Å². The molecule has 3 rings (SSSR count). The summed E-state index contributed by atoms with van der Waals surface area (Å²) in [4.78, 5) is 16.9. The van der Waals surface area contributed by atoms with E-state index in [-0.39, 0.29) is 5.91 Å². The maximum Gasteiger partial charge on any atom is 0.259 e. The number of aromatic nitrogens is 3. The van der Waals surface area contributed by atoms with Crippen molar-refractivity contribution in [2.24, 2.45) is 0 Å². The Hall–Kier alpha value is -2.70. The van der Waals surface area contributed by atoms with Crippen molar-refractivity contribution < 1.29 is 13.8 Å². The summed E-state index contributed by atoms with van der Waals surface area (Å²) >= 11 is 0. The Bertz CT molecular complexity index is 863. The molecule has 114 valence electrons. The second kappa shape index (κ2) is 5.25. The van der Waals surface area contributed by atoms with Crippen molar-refractivity contribution in [3.05, 3.63) is 34.3 Å². The maximum absolute atomic E-state index is 12.6. The van der Waals surface area contributed by atoms with Gasteiger partial charge in [-0.25, -0.2) is 4.98 Å². The number of nitrogens with zero attached hydrogens (tertiary/aromatic N) is 3. The van der Waals surface area contributed by atoms with Gasteiger partial charge >= 0.3 is 0 Å². The Balaban J connectivity index is 2.04. The predicted molar refractivity (Wildman–Crippen MR) is 79.8 cm³/mol. The number of amides is 1. The maximum atomic E-state index is 12.6. The molecule has 22 heavy (non-hydrogen) atoms. The van der Waals surface area contributed by atoms with Crippen molar-refractivity contribution in [3.63, 3.8) is 0 Å². The zero-order valence-electron chi connectivity index (χ0n) is 12.9. The summed E-state index contributed by atoms with van der Waals surface area (Å²) in [6.45, 7) is 7.39. The lowest BCUT2D eigenvalue weighted by atomic mass is 10.1. The second-order valence-corrected chi connectivity index (χ2v) is 5.14. The Morgan fingerprint density at radius 1 is 1.18 bits per heavy atom. The average molecular weight is 300 g/mol. The van der Waals surface area contributed by atoms with Crippen LogP contribution in [0.1, 0.15) is 39.9 Å². The number of nitrogens with one attached hydrogen (secondary N) is 1. The van der Waals surface area contributed by atoms with Gasteiger partial charge in [-0.2, -0.15) is 0 Å². The third-order valence-corrected chi connectivity index (χ3v) is 3.56. The molecule has 7 nitrogen and oxygen atoms in total. The molecular weight excluding hydrogens is 284 g/mol. The van der Waals surface area contributed by atoms with Gasteiger partial charge in [0, 0.05) is 11.3 Å². The highest BCUT2D eigenvalue weighted by Gasteiger charge is 2.20. The summed E-state index contributed by atoms with van der Waals surface area (Å²) in [5, 5.41) is 11.1. The Morgan fingerprint density at radius 3 is 2.64 bits per heavy atom. The number of pyridine rings is 1. The highest BCUT2D eigenvalue weighted by Crippen LogP contribution is 2.25. The number of carbonyl (C=O) groups is 1. The van der Waals surface area contributed by atoms with Gasteiger partial charge in [0.05, 0.1) is 22.3 Å². The summed E-state index contributed by atoms with van der Waals surface area (Å²) in [6.07, 6.45) is 0.724. The fraction of sp³-hybridized carbons (Fsp3) is 0.333. The summed E-state index contributed by atoms with van der Waals surface area (Å²) < 4.78 is 10.3. The molecule has 0 aliphatic heterocycles. The van der Waals surface area contributed by atoms with Crippen molar-refractivity contribution in [2.45, 2.75) is 34.1 Å². The molecule has 0 bridgehead atoms. The van der Waals surface area contributed by atoms with Crippen LogP contribution in [0.2, 0.25) is 0 Å². The SMILES string of the molecule is CCc1c(C)noc1NC(=O)c1cc(C)nc2onc(C)c12. The van der Waals surface area contributed by atoms with Gasteiger partial charge < -0.3 is 9.05 Å². The molecule has 1 amide bonds. The molecule has 0 aliphatic carbocycles. The van der Waals surface area contributed by atoms with E-state index in [1.54, 1.807) is 19.9 Å². The van der Waals surface area contributed by atoms with Crippen molar-refractivity contribution >= 4 is 22.9 Å². The molecule has 3 aromatic heterocycles. The lowest BCUT2D eigenvalue weighted by molar-refractivity contribution is 0.102. The first-order valence-corrected chi connectivity index (χ1v) is 7.01. The first-order valence-electron chi connectivity index (χ1n) is 7.01. The summed E-state index contributed by atoms with van der Waals surface area (Å²) in [5.41, 5.74) is 3.77. The van der Waals surface area contributed by atoms with Crippen LogP contribution in [0.5, 0.6) is 0 Å². The number of fused-ring (bicyclic) bond motifs is 1. The second-order valence-electron chi connectivity index (χ2n) is 5.14. The number of hydrogen-bond acceptors (Lipinski definition) is 6. The Morgan fingerprint density at radius 2 is 1.91 bits per heavy atom. The molecule has 0 aliphatic rings. The minimum Gasteiger partial charge on any atom is -0.338 e. The van der Waals surface area contributed by atoms with E-state index in [0.717, 1.165) is 17.7 Å². The molecule has 3 aromatic rings. The average Bonchev–Trinajstić information content (AvgIpc) is 3.01. The molecule has 3 heterocycles. The molecule has 0 saturated carbocycles. The molecule has 0 unspecified atom stereocenters. The van der Waals surface area contributed by atoms with E-state index >= 15 is 0 Å². The van der Waals surface area contributed by atoms with Gasteiger partial charge in [0.2, 0.25) is 5.88 Å². The van der Waals surface area contributed by atoms with Crippen LogP contribution >= 0.6 is 0 Å². The van der Waals surface area contributed by atoms with Crippen molar-refractivity contribution in [3.8, 4) is 0 Å². The normalized spacial score (nSPS) is 11.1. The van der Waals surface area contributed by atoms with E-state index in [1.165, 1.54) is 0 Å². The van der Waals surface area contributed by atoms with E-state index < -0.39 is 0 Å². The first kappa shape index (κ1) is 14.2. The molecule has 0 spiro atoms. The van der Waals surface area contributed by atoms with Gasteiger partial charge in [-0.1, -0.05) is 17.2 Å². The lowest BCUT2D eigenvalue weighted by Crippen LogP contribution is -2.13. The van der Waals surface area contributed by atoms with Gasteiger partial charge in [-0.05, 0) is 33.3 Å². The topological polar surface area (TPSA) is 94.1 Å². The lowest BCUT2D eigenvalue weighted by Gasteiger charge is -2.05. The molecule has 0 atom stereocenters. The molecule has 0 fully saturated rings. The molecule has 0 aromatic carbocycles. The summed E-state index contributed by atoms with van der Waals surface area (Å²) in [6, 6.07) is 1.71. The van der Waals surface area contributed by atoms with E-state index in [1.807, 2.05) is 13.8 Å². The van der Waals surface area contributed by atoms with E-state index in [2.05, 4.69) is 20.6 Å². The van der Waals surface area contributed by atoms with E-state index in [0.29, 0.717) is 33.9 Å². The Kier molecular flexibility index (Phi) is 3.40. The number of hydrogen-bond donors (Lipinski definition) is 1. The van der Waals surface area contributed by atoms with Crippen molar-refractivity contribution in [1.29, 1.82) is 0 Å². The smallest absolute Gasteiger partial charge is 0.259 e. The zero-order valence-corrected chi connectivity index (χ0v) is 12.9. The molecule has 1 N–H and O–H groups in total. The largest absolute Gasteiger partial charge is 0.338 e. The van der Waals surface area contributed by atoms with Crippen molar-refractivity contribution in [1.82, 2.24) is 15.3 Å². The highest BCUT2D eigenvalue weighted by molar-refractivity contribution is 6.12. The van der Waals surface area contributed by atoms with Gasteiger partial charge in [0.25, 0.3) is 11.6 Å². The minimum atomic E-state index is -0.298. The monoisotopic (exact) mass is 300 g/mol. The molecule has 7 heteroatoms. The Labute approximate surface area is 126 Å². The van der Waals surface area contributed by atoms with Crippen LogP contribution < -0.4 is 5.32 Å². The van der Waals surface area contributed by atoms with Crippen LogP contribution in [0, 0.1) is 20.8 Å². The fourth-order valence-corrected chi connectivity index (χ4v) is 2.47. The number of carbonyl (C=O) groups excluding carboxylic acids is 1. The van der Waals surface area contributed by atoms with Gasteiger partial charge in [-0.15, -0.1) is 0 Å². The minimum absolute atomic E-state index is 0.298. The third kappa shape index (κ3) is 2.24.